The van der Waals surface area contributed by atoms with Crippen LogP contribution in [-0.4, -0.2) is 30.5 Å². The number of aliphatic hydroxyl groups is 1. The van der Waals surface area contributed by atoms with Crippen LogP contribution < -0.4 is 0 Å². The van der Waals surface area contributed by atoms with Gasteiger partial charge in [0.25, 0.3) is 0 Å². The number of hydrogen-bond acceptors (Lipinski definition) is 2. The fraction of sp³-hybridized carbons (Fsp3) is 0.846. The van der Waals surface area contributed by atoms with E-state index in [0.29, 0.717) is 0 Å². The molecular weight excluding hydrogens is 218 g/mol. The minimum atomic E-state index is -0.903. The van der Waals surface area contributed by atoms with Crippen molar-refractivity contribution >= 4 is 7.48 Å². The summed E-state index contributed by atoms with van der Waals surface area (Å²) in [5, 5.41) is 9.94. The first-order valence-corrected chi connectivity index (χ1v) is 6.24. The van der Waals surface area contributed by atoms with Gasteiger partial charge in [-0.25, -0.2) is 0 Å². The van der Waals surface area contributed by atoms with E-state index in [2.05, 4.69) is 0 Å². The van der Waals surface area contributed by atoms with Gasteiger partial charge < -0.3 is 9.76 Å². The first-order chi connectivity index (χ1) is 7.76. The SMILES string of the molecule is CC(C)(O)C(C)(C)O[B]C1=CC[C@H](CF)CC1. The Bertz CT molecular complexity index is 282. The molecule has 0 amide bonds. The molecule has 0 unspecified atom stereocenters. The molecule has 2 nitrogen and oxygen atoms in total. The third-order valence-electron chi connectivity index (χ3n) is 3.75. The molecule has 97 valence electrons. The van der Waals surface area contributed by atoms with Crippen molar-refractivity contribution in [1.82, 2.24) is 0 Å². The molecule has 1 rings (SSSR count). The quantitative estimate of drug-likeness (QED) is 0.750. The van der Waals surface area contributed by atoms with Crippen molar-refractivity contribution < 1.29 is 14.2 Å². The van der Waals surface area contributed by atoms with Crippen molar-refractivity contribution in [1.29, 1.82) is 0 Å². The van der Waals surface area contributed by atoms with Gasteiger partial charge in [0.2, 0.25) is 0 Å². The maximum atomic E-state index is 12.4. The molecular formula is C13H23BFO2. The molecule has 1 radical (unpaired) electrons. The summed E-state index contributed by atoms with van der Waals surface area (Å²) < 4.78 is 18.1. The molecule has 0 fully saturated rings. The average molecular weight is 241 g/mol. The molecule has 1 aliphatic rings. The molecule has 0 aliphatic heterocycles. The summed E-state index contributed by atoms with van der Waals surface area (Å²) >= 11 is 0. The van der Waals surface area contributed by atoms with Gasteiger partial charge in [0.1, 0.15) is 0 Å². The zero-order valence-electron chi connectivity index (χ0n) is 11.3. The van der Waals surface area contributed by atoms with Crippen LogP contribution >= 0.6 is 0 Å². The third-order valence-corrected chi connectivity index (χ3v) is 3.75. The van der Waals surface area contributed by atoms with Crippen LogP contribution in [0.3, 0.4) is 0 Å². The van der Waals surface area contributed by atoms with Crippen molar-refractivity contribution in [3.8, 4) is 0 Å². The molecule has 0 bridgehead atoms. The number of alkyl halides is 1. The van der Waals surface area contributed by atoms with Crippen LogP contribution in [0, 0.1) is 5.92 Å². The van der Waals surface area contributed by atoms with Crippen LogP contribution in [0.15, 0.2) is 11.5 Å². The van der Waals surface area contributed by atoms with Crippen LogP contribution in [0.25, 0.3) is 0 Å². The number of hydrogen-bond donors (Lipinski definition) is 1. The minimum Gasteiger partial charge on any atom is -0.427 e. The van der Waals surface area contributed by atoms with Crippen LogP contribution in [0.2, 0.25) is 0 Å². The number of allylic oxidation sites excluding steroid dienone is 2. The summed E-state index contributed by atoms with van der Waals surface area (Å²) in [6.45, 7) is 6.94. The van der Waals surface area contributed by atoms with Gasteiger partial charge in [0, 0.05) is 0 Å². The number of rotatable bonds is 5. The molecule has 0 saturated heterocycles. The average Bonchev–Trinajstić information content (AvgIpc) is 2.25. The van der Waals surface area contributed by atoms with Crippen LogP contribution in [0.5, 0.6) is 0 Å². The van der Waals surface area contributed by atoms with E-state index in [0.717, 1.165) is 24.7 Å². The largest absolute Gasteiger partial charge is 0.427 e. The maximum absolute atomic E-state index is 12.4. The molecule has 1 aliphatic carbocycles. The Morgan fingerprint density at radius 2 is 2.12 bits per heavy atom. The molecule has 1 atom stereocenters. The lowest BCUT2D eigenvalue weighted by molar-refractivity contribution is -0.0897. The fourth-order valence-corrected chi connectivity index (χ4v) is 1.52. The lowest BCUT2D eigenvalue weighted by atomic mass is 9.75. The predicted molar refractivity (Wildman–Crippen MR) is 68.6 cm³/mol. The molecule has 0 saturated carbocycles. The van der Waals surface area contributed by atoms with Gasteiger partial charge in [-0.3, -0.25) is 4.39 Å². The van der Waals surface area contributed by atoms with Gasteiger partial charge in [-0.15, -0.1) is 0 Å². The Morgan fingerprint density at radius 3 is 2.53 bits per heavy atom. The second-order valence-electron chi connectivity index (χ2n) is 5.88. The van der Waals surface area contributed by atoms with Gasteiger partial charge in [-0.05, 0) is 52.9 Å². The van der Waals surface area contributed by atoms with Gasteiger partial charge >= 0.3 is 7.48 Å². The van der Waals surface area contributed by atoms with Gasteiger partial charge in [-0.1, -0.05) is 11.5 Å². The van der Waals surface area contributed by atoms with E-state index in [1.165, 1.54) is 0 Å². The van der Waals surface area contributed by atoms with E-state index in [1.807, 2.05) is 19.9 Å². The first-order valence-electron chi connectivity index (χ1n) is 6.24. The van der Waals surface area contributed by atoms with Crippen molar-refractivity contribution in [2.24, 2.45) is 5.92 Å². The Hall–Kier alpha value is -0.345. The summed E-state index contributed by atoms with van der Waals surface area (Å²) in [4.78, 5) is 0. The Morgan fingerprint density at radius 1 is 1.47 bits per heavy atom. The minimum absolute atomic E-state index is 0.175. The summed E-state index contributed by atoms with van der Waals surface area (Å²) in [5.74, 6) is 0.175. The summed E-state index contributed by atoms with van der Waals surface area (Å²) in [7, 11) is 1.71. The van der Waals surface area contributed by atoms with Crippen LogP contribution in [0.4, 0.5) is 4.39 Å². The molecule has 4 heteroatoms. The van der Waals surface area contributed by atoms with E-state index < -0.39 is 11.2 Å². The van der Waals surface area contributed by atoms with E-state index in [9.17, 15) is 9.50 Å². The second-order valence-corrected chi connectivity index (χ2v) is 5.88. The van der Waals surface area contributed by atoms with Gasteiger partial charge in [-0.2, -0.15) is 0 Å². The highest BCUT2D eigenvalue weighted by Gasteiger charge is 2.36. The molecule has 1 N–H and O–H groups in total. The Balaban J connectivity index is 2.45. The highest BCUT2D eigenvalue weighted by Crippen LogP contribution is 2.27. The molecule has 0 aromatic heterocycles. The first kappa shape index (κ1) is 14.7. The van der Waals surface area contributed by atoms with E-state index >= 15 is 0 Å². The van der Waals surface area contributed by atoms with E-state index in [-0.39, 0.29) is 12.6 Å². The van der Waals surface area contributed by atoms with Crippen molar-refractivity contribution in [3.05, 3.63) is 11.5 Å². The van der Waals surface area contributed by atoms with Crippen LogP contribution in [0.1, 0.15) is 47.0 Å². The number of halogens is 1. The monoisotopic (exact) mass is 241 g/mol. The zero-order valence-corrected chi connectivity index (χ0v) is 11.3. The predicted octanol–water partition coefficient (Wildman–Crippen LogP) is 2.83. The van der Waals surface area contributed by atoms with Crippen molar-refractivity contribution in [3.63, 3.8) is 0 Å². The highest BCUT2D eigenvalue weighted by atomic mass is 19.1. The summed E-state index contributed by atoms with van der Waals surface area (Å²) in [6.07, 6.45) is 4.56. The smallest absolute Gasteiger partial charge is 0.326 e. The van der Waals surface area contributed by atoms with Crippen LogP contribution in [-0.2, 0) is 4.65 Å². The molecule has 0 heterocycles. The third kappa shape index (κ3) is 4.11. The Kier molecular flexibility index (Phi) is 4.79. The van der Waals surface area contributed by atoms with Gasteiger partial charge in [0.15, 0.2) is 0 Å². The molecule has 0 aromatic rings. The van der Waals surface area contributed by atoms with E-state index in [4.69, 9.17) is 4.65 Å². The lowest BCUT2D eigenvalue weighted by Crippen LogP contribution is -2.48. The lowest BCUT2D eigenvalue weighted by Gasteiger charge is -2.38. The van der Waals surface area contributed by atoms with Crippen molar-refractivity contribution in [2.75, 3.05) is 6.67 Å². The fourth-order valence-electron chi connectivity index (χ4n) is 1.52. The van der Waals surface area contributed by atoms with Gasteiger partial charge in [0.05, 0.1) is 17.9 Å². The summed E-state index contributed by atoms with van der Waals surface area (Å²) in [6, 6.07) is 0. The van der Waals surface area contributed by atoms with E-state index in [1.54, 1.807) is 21.3 Å². The standard InChI is InChI=1S/C13H23BFO2/c1-12(2,16)13(3,4)17-14-11-7-5-10(9-15)6-8-11/h7,10,16H,5-6,8-9H2,1-4H3/t10-/m0/s1. The Labute approximate surface area is 105 Å². The zero-order chi connectivity index (χ0) is 13.1. The molecule has 17 heavy (non-hydrogen) atoms. The highest BCUT2D eigenvalue weighted by molar-refractivity contribution is 6.38. The van der Waals surface area contributed by atoms with Crippen molar-refractivity contribution in [2.45, 2.75) is 58.2 Å². The maximum Gasteiger partial charge on any atom is 0.326 e. The topological polar surface area (TPSA) is 29.5 Å². The normalized spacial score (nSPS) is 22.2. The molecule has 0 spiro atoms. The second kappa shape index (κ2) is 5.53. The summed E-state index contributed by atoms with van der Waals surface area (Å²) in [5.41, 5.74) is -0.433. The molecule has 0 aromatic carbocycles.